The summed E-state index contributed by atoms with van der Waals surface area (Å²) in [5, 5.41) is 12.8. The van der Waals surface area contributed by atoms with Crippen molar-refractivity contribution in [3.8, 4) is 11.5 Å². The van der Waals surface area contributed by atoms with E-state index >= 15 is 0 Å². The standard InChI is InChI=1S/C36H61NO4/c1-5-6-7-8-9-10-11-12-13-14-15-16-17-18-22-25-33(38)32(24-21-19-20-23-30(2)3)36(40)37-29-31-26-27-34(39)35(28-31)41-4/h20,23,26-28,30,32,39H,5-19,21-22,24-25,29H2,1-4H3,(H,37,40)/b23-20+. The molecule has 0 saturated carbocycles. The van der Waals surface area contributed by atoms with Crippen LogP contribution < -0.4 is 10.1 Å². The van der Waals surface area contributed by atoms with Crippen LogP contribution in [0.1, 0.15) is 148 Å². The van der Waals surface area contributed by atoms with Gasteiger partial charge in [-0.25, -0.2) is 0 Å². The Morgan fingerprint density at radius 1 is 0.854 bits per heavy atom. The van der Waals surface area contributed by atoms with Crippen LogP contribution in [0.15, 0.2) is 30.4 Å². The van der Waals surface area contributed by atoms with Gasteiger partial charge in [0.1, 0.15) is 5.78 Å². The normalized spacial score (nSPS) is 12.2. The van der Waals surface area contributed by atoms with Gasteiger partial charge in [0.2, 0.25) is 5.91 Å². The van der Waals surface area contributed by atoms with E-state index in [0.29, 0.717) is 31.1 Å². The van der Waals surface area contributed by atoms with Gasteiger partial charge >= 0.3 is 0 Å². The van der Waals surface area contributed by atoms with Crippen LogP contribution in [0.4, 0.5) is 0 Å². The van der Waals surface area contributed by atoms with Gasteiger partial charge in [-0.1, -0.05) is 129 Å². The SMILES string of the molecule is CCCCCCCCCCCCCCCCCC(=O)C(CCC/C=C/C(C)C)C(=O)NCc1ccc(O)c(OC)c1. The Balaban J connectivity index is 2.34. The Hall–Kier alpha value is -2.30. The van der Waals surface area contributed by atoms with Crippen molar-refractivity contribution in [3.05, 3.63) is 35.9 Å². The van der Waals surface area contributed by atoms with Crippen molar-refractivity contribution in [2.75, 3.05) is 7.11 Å². The molecule has 5 nitrogen and oxygen atoms in total. The third kappa shape index (κ3) is 18.7. The van der Waals surface area contributed by atoms with Crippen molar-refractivity contribution in [1.82, 2.24) is 5.32 Å². The van der Waals surface area contributed by atoms with Gasteiger partial charge in [-0.15, -0.1) is 0 Å². The van der Waals surface area contributed by atoms with Gasteiger partial charge in [0.05, 0.1) is 13.0 Å². The summed E-state index contributed by atoms with van der Waals surface area (Å²) in [7, 11) is 1.50. The predicted octanol–water partition coefficient (Wildman–Crippen LogP) is 9.85. The Bertz CT molecular complexity index is 848. The first kappa shape index (κ1) is 36.7. The molecule has 0 aliphatic rings. The zero-order chi connectivity index (χ0) is 30.1. The van der Waals surface area contributed by atoms with E-state index in [2.05, 4.69) is 38.2 Å². The molecule has 0 aliphatic heterocycles. The molecule has 41 heavy (non-hydrogen) atoms. The van der Waals surface area contributed by atoms with E-state index in [1.807, 2.05) is 0 Å². The van der Waals surface area contributed by atoms with Crippen LogP contribution in [0.5, 0.6) is 11.5 Å². The van der Waals surface area contributed by atoms with Crippen molar-refractivity contribution in [3.63, 3.8) is 0 Å². The van der Waals surface area contributed by atoms with E-state index in [-0.39, 0.29) is 17.4 Å². The zero-order valence-electron chi connectivity index (χ0n) is 26.9. The molecule has 1 atom stereocenters. The maximum absolute atomic E-state index is 13.1. The van der Waals surface area contributed by atoms with Crippen molar-refractivity contribution >= 4 is 11.7 Å². The molecular weight excluding hydrogens is 510 g/mol. The van der Waals surface area contributed by atoms with Crippen LogP contribution in [0, 0.1) is 11.8 Å². The molecule has 0 bridgehead atoms. The monoisotopic (exact) mass is 571 g/mol. The molecule has 0 saturated heterocycles. The van der Waals surface area contributed by atoms with E-state index in [4.69, 9.17) is 4.74 Å². The second-order valence-corrected chi connectivity index (χ2v) is 12.0. The molecule has 0 spiro atoms. The van der Waals surface area contributed by atoms with E-state index in [9.17, 15) is 14.7 Å². The van der Waals surface area contributed by atoms with Crippen molar-refractivity contribution in [2.24, 2.45) is 11.8 Å². The fourth-order valence-corrected chi connectivity index (χ4v) is 5.24. The molecule has 0 fully saturated rings. The molecule has 1 amide bonds. The van der Waals surface area contributed by atoms with Gasteiger partial charge in [-0.2, -0.15) is 0 Å². The summed E-state index contributed by atoms with van der Waals surface area (Å²) in [6.07, 6.45) is 26.5. The maximum atomic E-state index is 13.1. The van der Waals surface area contributed by atoms with Crippen LogP contribution in [-0.2, 0) is 16.1 Å². The lowest BCUT2D eigenvalue weighted by Gasteiger charge is -2.16. The van der Waals surface area contributed by atoms with Gasteiger partial charge in [0.15, 0.2) is 11.5 Å². The summed E-state index contributed by atoms with van der Waals surface area (Å²) < 4.78 is 5.17. The molecule has 0 aromatic heterocycles. The minimum Gasteiger partial charge on any atom is -0.504 e. The third-order valence-electron chi connectivity index (χ3n) is 7.83. The highest BCUT2D eigenvalue weighted by Crippen LogP contribution is 2.26. The predicted molar refractivity (Wildman–Crippen MR) is 172 cm³/mol. The van der Waals surface area contributed by atoms with Crippen LogP contribution in [0.25, 0.3) is 0 Å². The number of carbonyl (C=O) groups is 2. The summed E-state index contributed by atoms with van der Waals surface area (Å²) in [5.41, 5.74) is 0.821. The Kier molecular flexibility index (Phi) is 21.8. The summed E-state index contributed by atoms with van der Waals surface area (Å²) in [4.78, 5) is 26.2. The average molecular weight is 572 g/mol. The summed E-state index contributed by atoms with van der Waals surface area (Å²) in [6, 6.07) is 5.01. The third-order valence-corrected chi connectivity index (χ3v) is 7.83. The number of nitrogens with one attached hydrogen (secondary N) is 1. The highest BCUT2D eigenvalue weighted by Gasteiger charge is 2.25. The van der Waals surface area contributed by atoms with Gasteiger partial charge in [-0.05, 0) is 49.3 Å². The second-order valence-electron chi connectivity index (χ2n) is 12.0. The number of aromatic hydroxyl groups is 1. The largest absolute Gasteiger partial charge is 0.504 e. The van der Waals surface area contributed by atoms with Gasteiger partial charge in [-0.3, -0.25) is 9.59 Å². The Morgan fingerprint density at radius 2 is 1.41 bits per heavy atom. The number of methoxy groups -OCH3 is 1. The average Bonchev–Trinajstić information content (AvgIpc) is 2.96. The van der Waals surface area contributed by atoms with Crippen LogP contribution >= 0.6 is 0 Å². The first-order valence-corrected chi connectivity index (χ1v) is 16.7. The minimum absolute atomic E-state index is 0.0633. The number of unbranched alkanes of at least 4 members (excludes halogenated alkanes) is 15. The molecule has 5 heteroatoms. The number of allylic oxidation sites excluding steroid dienone is 2. The number of carbonyl (C=O) groups excluding carboxylic acids is 2. The number of hydrogen-bond donors (Lipinski definition) is 2. The summed E-state index contributed by atoms with van der Waals surface area (Å²) >= 11 is 0. The van der Waals surface area contributed by atoms with Crippen molar-refractivity contribution in [2.45, 2.75) is 149 Å². The lowest BCUT2D eigenvalue weighted by molar-refractivity contribution is -0.134. The van der Waals surface area contributed by atoms with E-state index in [1.54, 1.807) is 18.2 Å². The fourth-order valence-electron chi connectivity index (χ4n) is 5.24. The van der Waals surface area contributed by atoms with Crippen molar-refractivity contribution in [1.29, 1.82) is 0 Å². The van der Waals surface area contributed by atoms with E-state index in [0.717, 1.165) is 31.2 Å². The number of Topliss-reactive ketones (excluding diaryl/α,β-unsaturated/α-hetero) is 1. The summed E-state index contributed by atoms with van der Waals surface area (Å²) in [6.45, 7) is 6.86. The number of ether oxygens (including phenoxy) is 1. The maximum Gasteiger partial charge on any atom is 0.230 e. The highest BCUT2D eigenvalue weighted by molar-refractivity contribution is 6.01. The quantitative estimate of drug-likeness (QED) is 0.0659. The molecule has 1 aromatic rings. The molecule has 0 heterocycles. The number of benzene rings is 1. The molecular formula is C36H61NO4. The van der Waals surface area contributed by atoms with Gasteiger partial charge in [0, 0.05) is 13.0 Å². The zero-order valence-corrected chi connectivity index (χ0v) is 26.9. The molecule has 1 unspecified atom stereocenters. The van der Waals surface area contributed by atoms with Crippen LogP contribution in [0.2, 0.25) is 0 Å². The second kappa shape index (κ2) is 24.3. The Morgan fingerprint density at radius 3 is 1.95 bits per heavy atom. The number of phenolic OH excluding ortho intramolecular Hbond substituents is 1. The van der Waals surface area contributed by atoms with Crippen LogP contribution in [0.3, 0.4) is 0 Å². The molecule has 234 valence electrons. The number of rotatable bonds is 26. The Labute approximate surface area is 251 Å². The van der Waals surface area contributed by atoms with Crippen LogP contribution in [-0.4, -0.2) is 23.9 Å². The first-order valence-electron chi connectivity index (χ1n) is 16.7. The topological polar surface area (TPSA) is 75.6 Å². The van der Waals surface area contributed by atoms with Gasteiger partial charge < -0.3 is 15.2 Å². The lowest BCUT2D eigenvalue weighted by atomic mass is 9.92. The fraction of sp³-hybridized carbons (Fsp3) is 0.722. The number of amides is 1. The van der Waals surface area contributed by atoms with Crippen molar-refractivity contribution < 1.29 is 19.4 Å². The molecule has 1 aromatic carbocycles. The number of ketones is 1. The first-order chi connectivity index (χ1) is 19.9. The highest BCUT2D eigenvalue weighted by atomic mass is 16.5. The minimum atomic E-state index is -0.604. The molecule has 0 radical (unpaired) electrons. The van der Waals surface area contributed by atoms with E-state index in [1.165, 1.54) is 90.6 Å². The molecule has 1 rings (SSSR count). The number of hydrogen-bond acceptors (Lipinski definition) is 4. The summed E-state index contributed by atoms with van der Waals surface area (Å²) in [5.74, 6) is 0.198. The van der Waals surface area contributed by atoms with E-state index < -0.39 is 5.92 Å². The molecule has 2 N–H and O–H groups in total. The number of phenols is 1. The van der Waals surface area contributed by atoms with Gasteiger partial charge in [0.25, 0.3) is 0 Å². The molecule has 0 aliphatic carbocycles. The smallest absolute Gasteiger partial charge is 0.230 e. The lowest BCUT2D eigenvalue weighted by Crippen LogP contribution is -2.35.